The molecule has 0 aromatic carbocycles. The number of nitrogens with zero attached hydrogens (tertiary/aromatic N) is 3. The Morgan fingerprint density at radius 3 is 2.58 bits per heavy atom. The van der Waals surface area contributed by atoms with Crippen LogP contribution in [0.1, 0.15) is 31.4 Å². The van der Waals surface area contributed by atoms with E-state index >= 15 is 0 Å². The summed E-state index contributed by atoms with van der Waals surface area (Å²) in [5.41, 5.74) is 0.0785. The molecule has 3 heterocycles. The van der Waals surface area contributed by atoms with E-state index < -0.39 is 5.97 Å². The van der Waals surface area contributed by atoms with Crippen LogP contribution < -0.4 is 5.56 Å². The maximum atomic E-state index is 12.4. The molecule has 1 saturated heterocycles. The SMILES string of the molecule is O=C(CN1C(=O)[C@@H]2CCCC[C@H]2C1=O)OCc1cc(=O)n2ccsc2n1. The van der Waals surface area contributed by atoms with Gasteiger partial charge >= 0.3 is 5.97 Å². The van der Waals surface area contributed by atoms with Gasteiger partial charge in [-0.15, -0.1) is 11.3 Å². The molecular weight excluding hydrogens is 358 g/mol. The van der Waals surface area contributed by atoms with Crippen LogP contribution in [-0.4, -0.2) is 38.6 Å². The maximum absolute atomic E-state index is 12.4. The second-order valence-corrected chi connectivity index (χ2v) is 7.44. The van der Waals surface area contributed by atoms with Crippen LogP contribution in [0.3, 0.4) is 0 Å². The molecule has 2 amide bonds. The molecule has 26 heavy (non-hydrogen) atoms. The van der Waals surface area contributed by atoms with E-state index in [1.807, 2.05) is 0 Å². The van der Waals surface area contributed by atoms with E-state index in [0.29, 0.717) is 23.5 Å². The lowest BCUT2D eigenvalue weighted by molar-refractivity contribution is -0.153. The van der Waals surface area contributed by atoms with Gasteiger partial charge in [0, 0.05) is 17.6 Å². The number of ether oxygens (including phenoxy) is 1. The minimum atomic E-state index is -0.682. The third-order valence-corrected chi connectivity index (χ3v) is 5.71. The minimum Gasteiger partial charge on any atom is -0.458 e. The van der Waals surface area contributed by atoms with E-state index in [2.05, 4.69) is 4.98 Å². The average molecular weight is 375 g/mol. The van der Waals surface area contributed by atoms with E-state index in [1.54, 1.807) is 11.6 Å². The summed E-state index contributed by atoms with van der Waals surface area (Å²) in [5.74, 6) is -1.79. The van der Waals surface area contributed by atoms with Gasteiger partial charge in [-0.05, 0) is 12.8 Å². The molecule has 8 nitrogen and oxygen atoms in total. The lowest BCUT2D eigenvalue weighted by Gasteiger charge is -2.19. The molecule has 2 aromatic heterocycles. The van der Waals surface area contributed by atoms with Gasteiger partial charge in [0.05, 0.1) is 17.5 Å². The molecule has 0 radical (unpaired) electrons. The zero-order chi connectivity index (χ0) is 18.3. The Morgan fingerprint density at radius 2 is 1.88 bits per heavy atom. The van der Waals surface area contributed by atoms with E-state index in [-0.39, 0.29) is 42.4 Å². The predicted molar refractivity (Wildman–Crippen MR) is 91.3 cm³/mol. The van der Waals surface area contributed by atoms with Crippen LogP contribution in [-0.2, 0) is 25.7 Å². The van der Waals surface area contributed by atoms with Gasteiger partial charge in [0.25, 0.3) is 5.56 Å². The number of aromatic nitrogens is 2. The van der Waals surface area contributed by atoms with Gasteiger partial charge in [-0.25, -0.2) is 4.98 Å². The molecule has 1 aliphatic carbocycles. The summed E-state index contributed by atoms with van der Waals surface area (Å²) >= 11 is 1.30. The number of hydrogen-bond donors (Lipinski definition) is 0. The number of thiazole rings is 1. The van der Waals surface area contributed by atoms with Crippen molar-refractivity contribution in [3.05, 3.63) is 33.7 Å². The zero-order valence-corrected chi connectivity index (χ0v) is 14.7. The van der Waals surface area contributed by atoms with Crippen LogP contribution in [0.2, 0.25) is 0 Å². The Morgan fingerprint density at radius 1 is 1.19 bits per heavy atom. The highest BCUT2D eigenvalue weighted by Crippen LogP contribution is 2.37. The van der Waals surface area contributed by atoms with E-state index in [0.717, 1.165) is 17.7 Å². The lowest BCUT2D eigenvalue weighted by atomic mass is 9.81. The number of hydrogen-bond acceptors (Lipinski definition) is 7. The second kappa shape index (κ2) is 6.64. The first kappa shape index (κ1) is 16.9. The largest absolute Gasteiger partial charge is 0.458 e. The first-order valence-corrected chi connectivity index (χ1v) is 9.39. The fourth-order valence-electron chi connectivity index (χ4n) is 3.68. The summed E-state index contributed by atoms with van der Waals surface area (Å²) < 4.78 is 6.53. The predicted octanol–water partition coefficient (Wildman–Crippen LogP) is 0.974. The van der Waals surface area contributed by atoms with Crippen LogP contribution in [0, 0.1) is 11.8 Å². The monoisotopic (exact) mass is 375 g/mol. The Kier molecular flexibility index (Phi) is 4.31. The number of esters is 1. The van der Waals surface area contributed by atoms with E-state index in [1.165, 1.54) is 21.8 Å². The molecule has 2 aliphatic rings. The quantitative estimate of drug-likeness (QED) is 0.583. The molecule has 2 aromatic rings. The van der Waals surface area contributed by atoms with Crippen molar-refractivity contribution >= 4 is 34.1 Å². The average Bonchev–Trinajstić information content (AvgIpc) is 3.20. The molecule has 9 heteroatoms. The smallest absolute Gasteiger partial charge is 0.326 e. The third kappa shape index (κ3) is 2.92. The number of amides is 2. The summed E-state index contributed by atoms with van der Waals surface area (Å²) in [6, 6.07) is 1.30. The molecular formula is C17H17N3O5S. The molecule has 4 rings (SSSR count). The summed E-state index contributed by atoms with van der Waals surface area (Å²) in [6.07, 6.45) is 4.90. The fourth-order valence-corrected chi connectivity index (χ4v) is 4.42. The Bertz CT molecular complexity index is 925. The Balaban J connectivity index is 1.40. The highest BCUT2D eigenvalue weighted by atomic mass is 32.1. The molecule has 1 saturated carbocycles. The summed E-state index contributed by atoms with van der Waals surface area (Å²) in [6.45, 7) is -0.559. The fraction of sp³-hybridized carbons (Fsp3) is 0.471. The van der Waals surface area contributed by atoms with Gasteiger partial charge in [0.2, 0.25) is 11.8 Å². The molecule has 2 atom stereocenters. The third-order valence-electron chi connectivity index (χ3n) is 4.96. The number of likely N-dealkylation sites (tertiary alicyclic amines) is 1. The van der Waals surface area contributed by atoms with Crippen LogP contribution in [0.5, 0.6) is 0 Å². The number of carbonyl (C=O) groups is 3. The van der Waals surface area contributed by atoms with Crippen LogP contribution in [0.15, 0.2) is 22.4 Å². The summed E-state index contributed by atoms with van der Waals surface area (Å²) in [5, 5.41) is 1.74. The van der Waals surface area contributed by atoms with Crippen molar-refractivity contribution in [1.82, 2.24) is 14.3 Å². The van der Waals surface area contributed by atoms with Gasteiger partial charge in [-0.2, -0.15) is 0 Å². The first-order valence-electron chi connectivity index (χ1n) is 8.51. The molecule has 0 unspecified atom stereocenters. The molecule has 1 aliphatic heterocycles. The molecule has 0 spiro atoms. The standard InChI is InChI=1S/C17H17N3O5S/c21-13-7-10(18-17-19(13)5-6-26-17)9-25-14(22)8-20-15(23)11-3-1-2-4-12(11)16(20)24/h5-7,11-12H,1-4,8-9H2/t11-,12-/m1/s1. The Hall–Kier alpha value is -2.55. The highest BCUT2D eigenvalue weighted by Gasteiger charge is 2.48. The van der Waals surface area contributed by atoms with Crippen LogP contribution in [0.25, 0.3) is 4.96 Å². The van der Waals surface area contributed by atoms with Crippen molar-refractivity contribution in [3.8, 4) is 0 Å². The minimum absolute atomic E-state index is 0.175. The first-order chi connectivity index (χ1) is 12.5. The molecule has 2 fully saturated rings. The van der Waals surface area contributed by atoms with Crippen molar-refractivity contribution < 1.29 is 19.1 Å². The number of rotatable bonds is 4. The van der Waals surface area contributed by atoms with Crippen LogP contribution >= 0.6 is 11.3 Å². The van der Waals surface area contributed by atoms with Crippen molar-refractivity contribution in [2.45, 2.75) is 32.3 Å². The molecule has 0 N–H and O–H groups in total. The number of fused-ring (bicyclic) bond motifs is 2. The molecule has 0 bridgehead atoms. The maximum Gasteiger partial charge on any atom is 0.326 e. The van der Waals surface area contributed by atoms with Gasteiger partial charge in [0.15, 0.2) is 4.96 Å². The van der Waals surface area contributed by atoms with Gasteiger partial charge in [-0.1, -0.05) is 12.8 Å². The van der Waals surface area contributed by atoms with Crippen LogP contribution in [0.4, 0.5) is 0 Å². The number of imide groups is 1. The lowest BCUT2D eigenvalue weighted by Crippen LogP contribution is -2.36. The van der Waals surface area contributed by atoms with Gasteiger partial charge in [-0.3, -0.25) is 28.5 Å². The number of carbonyl (C=O) groups excluding carboxylic acids is 3. The highest BCUT2D eigenvalue weighted by molar-refractivity contribution is 7.15. The van der Waals surface area contributed by atoms with Crippen molar-refractivity contribution in [3.63, 3.8) is 0 Å². The Labute approximate surface area is 152 Å². The normalized spacial score (nSPS) is 22.7. The zero-order valence-electron chi connectivity index (χ0n) is 13.9. The van der Waals surface area contributed by atoms with Crippen molar-refractivity contribution in [1.29, 1.82) is 0 Å². The topological polar surface area (TPSA) is 98.0 Å². The van der Waals surface area contributed by atoms with Crippen molar-refractivity contribution in [2.24, 2.45) is 11.8 Å². The van der Waals surface area contributed by atoms with Gasteiger partial charge < -0.3 is 4.74 Å². The van der Waals surface area contributed by atoms with Crippen molar-refractivity contribution in [2.75, 3.05) is 6.54 Å². The second-order valence-electron chi connectivity index (χ2n) is 6.56. The van der Waals surface area contributed by atoms with E-state index in [4.69, 9.17) is 4.74 Å². The van der Waals surface area contributed by atoms with E-state index in [9.17, 15) is 19.2 Å². The summed E-state index contributed by atoms with van der Waals surface area (Å²) in [4.78, 5) is 54.5. The molecule has 136 valence electrons. The van der Waals surface area contributed by atoms with Gasteiger partial charge in [0.1, 0.15) is 13.2 Å². The summed E-state index contributed by atoms with van der Waals surface area (Å²) in [7, 11) is 0.